The van der Waals surface area contributed by atoms with Crippen molar-refractivity contribution in [1.29, 1.82) is 0 Å². The summed E-state index contributed by atoms with van der Waals surface area (Å²) in [6, 6.07) is 7.41. The van der Waals surface area contributed by atoms with E-state index in [-0.39, 0.29) is 5.92 Å². The average Bonchev–Trinajstić information content (AvgIpc) is 2.28. The number of anilines is 1. The highest BCUT2D eigenvalue weighted by atomic mass is 16.4. The number of nitrogens with one attached hydrogen (secondary N) is 1. The zero-order chi connectivity index (χ0) is 13.7. The van der Waals surface area contributed by atoms with Gasteiger partial charge in [0.2, 0.25) is 5.91 Å². The first-order valence-electron chi connectivity index (χ1n) is 6.08. The molecule has 0 saturated carbocycles. The lowest BCUT2D eigenvalue weighted by Crippen LogP contribution is -2.33. The zero-order valence-corrected chi connectivity index (χ0v) is 10.9. The van der Waals surface area contributed by atoms with E-state index >= 15 is 0 Å². The number of aryl methyl sites for hydroxylation is 1. The minimum atomic E-state index is -1.09. The van der Waals surface area contributed by atoms with Crippen LogP contribution in [-0.4, -0.2) is 17.0 Å². The van der Waals surface area contributed by atoms with Gasteiger partial charge in [-0.1, -0.05) is 32.9 Å². The molecule has 1 rings (SSSR count). The Morgan fingerprint density at radius 1 is 1.22 bits per heavy atom. The minimum absolute atomic E-state index is 0.239. The van der Waals surface area contributed by atoms with Gasteiger partial charge in [-0.2, -0.15) is 0 Å². The number of hydrogen-bond donors (Lipinski definition) is 2. The molecular formula is C14H19NO3. The van der Waals surface area contributed by atoms with Crippen LogP contribution in [0.4, 0.5) is 5.69 Å². The van der Waals surface area contributed by atoms with Crippen molar-refractivity contribution in [3.63, 3.8) is 0 Å². The number of carbonyl (C=O) groups is 2. The van der Waals surface area contributed by atoms with Crippen LogP contribution in [0.25, 0.3) is 0 Å². The Morgan fingerprint density at radius 3 is 2.17 bits per heavy atom. The number of carboxylic acid groups (broad SMARTS) is 1. The lowest BCUT2D eigenvalue weighted by atomic mass is 9.95. The van der Waals surface area contributed by atoms with Crippen LogP contribution in [0.3, 0.4) is 0 Å². The summed E-state index contributed by atoms with van der Waals surface area (Å²) in [6.07, 6.45) is 0.929. The van der Waals surface area contributed by atoms with Crippen LogP contribution in [0.1, 0.15) is 26.3 Å². The molecule has 98 valence electrons. The molecule has 1 aromatic carbocycles. The highest BCUT2D eigenvalue weighted by Crippen LogP contribution is 2.16. The molecule has 0 aliphatic carbocycles. The third-order valence-corrected chi connectivity index (χ3v) is 2.84. The summed E-state index contributed by atoms with van der Waals surface area (Å²) in [7, 11) is 0. The zero-order valence-electron chi connectivity index (χ0n) is 10.9. The van der Waals surface area contributed by atoms with Crippen LogP contribution >= 0.6 is 0 Å². The van der Waals surface area contributed by atoms with Crippen molar-refractivity contribution < 1.29 is 14.7 Å². The van der Waals surface area contributed by atoms with Gasteiger partial charge in [0, 0.05) is 5.69 Å². The second-order valence-corrected chi connectivity index (χ2v) is 4.60. The predicted molar refractivity (Wildman–Crippen MR) is 70.4 cm³/mol. The summed E-state index contributed by atoms with van der Waals surface area (Å²) < 4.78 is 0. The van der Waals surface area contributed by atoms with Gasteiger partial charge in [-0.3, -0.25) is 9.59 Å². The van der Waals surface area contributed by atoms with Crippen molar-refractivity contribution in [2.24, 2.45) is 11.8 Å². The van der Waals surface area contributed by atoms with Crippen LogP contribution in [0.15, 0.2) is 24.3 Å². The quantitative estimate of drug-likeness (QED) is 0.788. The normalized spacial score (nSPS) is 12.2. The lowest BCUT2D eigenvalue weighted by molar-refractivity contribution is -0.147. The van der Waals surface area contributed by atoms with Crippen LogP contribution < -0.4 is 5.32 Å². The fraction of sp³-hybridized carbons (Fsp3) is 0.429. The average molecular weight is 249 g/mol. The molecule has 0 aromatic heterocycles. The molecule has 2 N–H and O–H groups in total. The largest absolute Gasteiger partial charge is 0.481 e. The molecule has 1 amide bonds. The molecule has 4 nitrogen and oxygen atoms in total. The van der Waals surface area contributed by atoms with E-state index in [0.717, 1.165) is 6.42 Å². The molecule has 0 radical (unpaired) electrons. The number of rotatable bonds is 5. The summed E-state index contributed by atoms with van der Waals surface area (Å²) >= 11 is 0. The maximum atomic E-state index is 11.9. The second-order valence-electron chi connectivity index (χ2n) is 4.60. The van der Waals surface area contributed by atoms with E-state index in [0.29, 0.717) is 5.69 Å². The van der Waals surface area contributed by atoms with E-state index in [2.05, 4.69) is 5.32 Å². The third kappa shape index (κ3) is 3.58. The van der Waals surface area contributed by atoms with Gasteiger partial charge in [-0.05, 0) is 30.0 Å². The summed E-state index contributed by atoms with van der Waals surface area (Å²) in [6.45, 7) is 5.49. The molecule has 0 aliphatic heterocycles. The maximum Gasteiger partial charge on any atom is 0.316 e. The molecule has 4 heteroatoms. The van der Waals surface area contributed by atoms with Crippen molar-refractivity contribution >= 4 is 17.6 Å². The van der Waals surface area contributed by atoms with Crippen molar-refractivity contribution in [2.75, 3.05) is 5.32 Å². The minimum Gasteiger partial charge on any atom is -0.481 e. The monoisotopic (exact) mass is 249 g/mol. The molecule has 1 unspecified atom stereocenters. The first-order valence-corrected chi connectivity index (χ1v) is 6.08. The third-order valence-electron chi connectivity index (χ3n) is 2.84. The van der Waals surface area contributed by atoms with Gasteiger partial charge in [0.25, 0.3) is 0 Å². The molecule has 1 atom stereocenters. The lowest BCUT2D eigenvalue weighted by Gasteiger charge is -2.16. The maximum absolute atomic E-state index is 11.9. The number of carbonyl (C=O) groups excluding carboxylic acids is 1. The highest BCUT2D eigenvalue weighted by molar-refractivity contribution is 6.04. The van der Waals surface area contributed by atoms with E-state index in [4.69, 9.17) is 5.11 Å². The standard InChI is InChI=1S/C14H19NO3/c1-4-10-5-7-11(8-6-10)15-13(16)12(9(2)3)14(17)18/h5-9,12H,4H2,1-3H3,(H,15,16)(H,17,18). The van der Waals surface area contributed by atoms with Gasteiger partial charge in [0.1, 0.15) is 5.92 Å². The number of carboxylic acids is 1. The van der Waals surface area contributed by atoms with E-state index in [1.165, 1.54) is 5.56 Å². The summed E-state index contributed by atoms with van der Waals surface area (Å²) in [5.41, 5.74) is 1.80. The van der Waals surface area contributed by atoms with Gasteiger partial charge in [-0.25, -0.2) is 0 Å². The Morgan fingerprint density at radius 2 is 1.78 bits per heavy atom. The highest BCUT2D eigenvalue weighted by Gasteiger charge is 2.29. The molecule has 1 aromatic rings. The van der Waals surface area contributed by atoms with Crippen LogP contribution in [-0.2, 0) is 16.0 Å². The molecule has 0 bridgehead atoms. The van der Waals surface area contributed by atoms with E-state index < -0.39 is 17.8 Å². The molecule has 0 heterocycles. The molecule has 0 saturated heterocycles. The Hall–Kier alpha value is -1.84. The summed E-state index contributed by atoms with van der Waals surface area (Å²) in [5, 5.41) is 11.6. The second kappa shape index (κ2) is 6.19. The van der Waals surface area contributed by atoms with E-state index in [9.17, 15) is 9.59 Å². The van der Waals surface area contributed by atoms with Gasteiger partial charge < -0.3 is 10.4 Å². The fourth-order valence-corrected chi connectivity index (χ4v) is 1.74. The van der Waals surface area contributed by atoms with Crippen molar-refractivity contribution in [2.45, 2.75) is 27.2 Å². The Balaban J connectivity index is 2.76. The van der Waals surface area contributed by atoms with E-state index in [1.807, 2.05) is 19.1 Å². The van der Waals surface area contributed by atoms with E-state index in [1.54, 1.807) is 26.0 Å². The van der Waals surface area contributed by atoms with Gasteiger partial charge >= 0.3 is 5.97 Å². The van der Waals surface area contributed by atoms with Crippen molar-refractivity contribution in [3.05, 3.63) is 29.8 Å². The molecular weight excluding hydrogens is 230 g/mol. The van der Waals surface area contributed by atoms with Gasteiger partial charge in [-0.15, -0.1) is 0 Å². The topological polar surface area (TPSA) is 66.4 Å². The molecule has 0 aliphatic rings. The first kappa shape index (κ1) is 14.2. The van der Waals surface area contributed by atoms with Gasteiger partial charge in [0.15, 0.2) is 0 Å². The Bertz CT molecular complexity index is 423. The van der Waals surface area contributed by atoms with Crippen molar-refractivity contribution in [3.8, 4) is 0 Å². The first-order chi connectivity index (χ1) is 8.45. The molecule has 0 spiro atoms. The number of hydrogen-bond acceptors (Lipinski definition) is 2. The SMILES string of the molecule is CCc1ccc(NC(=O)C(C(=O)O)C(C)C)cc1. The predicted octanol–water partition coefficient (Wildman–Crippen LogP) is 2.54. The number of aliphatic carboxylic acids is 1. The Labute approximate surface area is 107 Å². The fourth-order valence-electron chi connectivity index (χ4n) is 1.74. The summed E-state index contributed by atoms with van der Waals surface area (Å²) in [5.74, 6) is -2.82. The van der Waals surface area contributed by atoms with Crippen LogP contribution in [0, 0.1) is 11.8 Å². The molecule has 18 heavy (non-hydrogen) atoms. The van der Waals surface area contributed by atoms with Crippen LogP contribution in [0.5, 0.6) is 0 Å². The molecule has 0 fully saturated rings. The van der Waals surface area contributed by atoms with Crippen molar-refractivity contribution in [1.82, 2.24) is 0 Å². The van der Waals surface area contributed by atoms with Gasteiger partial charge in [0.05, 0.1) is 0 Å². The Kier molecular flexibility index (Phi) is 4.89. The smallest absolute Gasteiger partial charge is 0.316 e. The summed E-state index contributed by atoms with van der Waals surface area (Å²) in [4.78, 5) is 22.9. The van der Waals surface area contributed by atoms with Crippen LogP contribution in [0.2, 0.25) is 0 Å². The number of benzene rings is 1. The number of amides is 1.